The van der Waals surface area contributed by atoms with Crippen LogP contribution in [0.25, 0.3) is 10.9 Å². The molecule has 0 amide bonds. The minimum Gasteiger partial charge on any atom is -0.385 e. The molecular weight excluding hydrogens is 240 g/mol. The molecule has 4 nitrogen and oxygen atoms in total. The molecule has 19 heavy (non-hydrogen) atoms. The zero-order chi connectivity index (χ0) is 14.0. The fourth-order valence-corrected chi connectivity index (χ4v) is 2.46. The van der Waals surface area contributed by atoms with Gasteiger partial charge in [0, 0.05) is 31.2 Å². The number of methoxy groups -OCH3 is 1. The summed E-state index contributed by atoms with van der Waals surface area (Å²) in [6, 6.07) is 3.89. The molecule has 0 saturated carbocycles. The number of carbonyl (C=O) groups excluding carboxylic acids is 1. The van der Waals surface area contributed by atoms with Crippen LogP contribution in [0.1, 0.15) is 35.0 Å². The van der Waals surface area contributed by atoms with Gasteiger partial charge in [-0.15, -0.1) is 0 Å². The van der Waals surface area contributed by atoms with Crippen LogP contribution < -0.4 is 0 Å². The number of hydrogen-bond donors (Lipinski definition) is 0. The van der Waals surface area contributed by atoms with Gasteiger partial charge < -0.3 is 4.74 Å². The fraction of sp³-hybridized carbons (Fsp3) is 0.467. The molecule has 0 spiro atoms. The first-order valence-corrected chi connectivity index (χ1v) is 6.52. The summed E-state index contributed by atoms with van der Waals surface area (Å²) in [6.45, 7) is 7.16. The Hall–Kier alpha value is -1.68. The predicted octanol–water partition coefficient (Wildman–Crippen LogP) is 2.89. The van der Waals surface area contributed by atoms with Gasteiger partial charge in [0.25, 0.3) is 0 Å². The largest absolute Gasteiger partial charge is 0.385 e. The van der Waals surface area contributed by atoms with Gasteiger partial charge in [0.15, 0.2) is 5.78 Å². The number of ketones is 1. The lowest BCUT2D eigenvalue weighted by molar-refractivity contribution is 0.101. The fourth-order valence-electron chi connectivity index (χ4n) is 2.46. The van der Waals surface area contributed by atoms with Crippen LogP contribution in [-0.2, 0) is 11.3 Å². The average Bonchev–Trinajstić information content (AvgIpc) is 2.67. The molecule has 1 heterocycles. The van der Waals surface area contributed by atoms with Gasteiger partial charge in [-0.25, -0.2) is 0 Å². The van der Waals surface area contributed by atoms with E-state index in [0.29, 0.717) is 6.61 Å². The molecule has 1 aromatic heterocycles. The molecule has 102 valence electrons. The van der Waals surface area contributed by atoms with Crippen LogP contribution in [0.5, 0.6) is 0 Å². The van der Waals surface area contributed by atoms with Gasteiger partial charge in [0.05, 0.1) is 11.2 Å². The highest BCUT2D eigenvalue weighted by molar-refractivity contribution is 5.99. The lowest BCUT2D eigenvalue weighted by Gasteiger charge is -2.05. The van der Waals surface area contributed by atoms with E-state index in [2.05, 4.69) is 5.10 Å². The summed E-state index contributed by atoms with van der Waals surface area (Å²) in [4.78, 5) is 11.6. The number of fused-ring (bicyclic) bond motifs is 1. The summed E-state index contributed by atoms with van der Waals surface area (Å²) in [5.41, 5.74) is 3.91. The second-order valence-electron chi connectivity index (χ2n) is 4.90. The number of nitrogens with zero attached hydrogens (tertiary/aromatic N) is 2. The second kappa shape index (κ2) is 5.53. The van der Waals surface area contributed by atoms with Crippen molar-refractivity contribution in [3.05, 3.63) is 29.0 Å². The van der Waals surface area contributed by atoms with Gasteiger partial charge in [0.1, 0.15) is 0 Å². The smallest absolute Gasteiger partial charge is 0.159 e. The van der Waals surface area contributed by atoms with E-state index in [9.17, 15) is 4.79 Å². The first-order chi connectivity index (χ1) is 9.04. The maximum absolute atomic E-state index is 11.6. The predicted molar refractivity (Wildman–Crippen MR) is 75.7 cm³/mol. The van der Waals surface area contributed by atoms with Crippen molar-refractivity contribution in [3.63, 3.8) is 0 Å². The summed E-state index contributed by atoms with van der Waals surface area (Å²) >= 11 is 0. The van der Waals surface area contributed by atoms with Crippen molar-refractivity contribution >= 4 is 16.7 Å². The van der Waals surface area contributed by atoms with Crippen molar-refractivity contribution in [2.45, 2.75) is 33.7 Å². The van der Waals surface area contributed by atoms with Crippen LogP contribution >= 0.6 is 0 Å². The molecule has 1 aromatic carbocycles. The first kappa shape index (κ1) is 13.7. The van der Waals surface area contributed by atoms with Gasteiger partial charge >= 0.3 is 0 Å². The molecule has 2 aromatic rings. The highest BCUT2D eigenvalue weighted by Crippen LogP contribution is 2.24. The molecule has 0 atom stereocenters. The Labute approximate surface area is 113 Å². The SMILES string of the molecule is COCCCn1nc(C)c2c(C)cc(C(C)=O)cc21. The van der Waals surface area contributed by atoms with Crippen molar-refractivity contribution in [3.8, 4) is 0 Å². The average molecular weight is 260 g/mol. The maximum atomic E-state index is 11.6. The van der Waals surface area contributed by atoms with Gasteiger partial charge in [-0.2, -0.15) is 5.10 Å². The zero-order valence-corrected chi connectivity index (χ0v) is 12.0. The highest BCUT2D eigenvalue weighted by Gasteiger charge is 2.12. The van der Waals surface area contributed by atoms with E-state index in [1.54, 1.807) is 14.0 Å². The Morgan fingerprint density at radius 3 is 2.74 bits per heavy atom. The van der Waals surface area contributed by atoms with E-state index >= 15 is 0 Å². The molecular formula is C15H20N2O2. The first-order valence-electron chi connectivity index (χ1n) is 6.52. The van der Waals surface area contributed by atoms with E-state index in [-0.39, 0.29) is 5.78 Å². The normalized spacial score (nSPS) is 11.2. The molecule has 0 fully saturated rings. The summed E-state index contributed by atoms with van der Waals surface area (Å²) in [5.74, 6) is 0.0901. The summed E-state index contributed by atoms with van der Waals surface area (Å²) in [6.07, 6.45) is 0.913. The summed E-state index contributed by atoms with van der Waals surface area (Å²) < 4.78 is 7.05. The van der Waals surface area contributed by atoms with Crippen LogP contribution in [-0.4, -0.2) is 29.3 Å². The van der Waals surface area contributed by atoms with Gasteiger partial charge in [-0.3, -0.25) is 9.48 Å². The van der Waals surface area contributed by atoms with Crippen LogP contribution in [0.2, 0.25) is 0 Å². The second-order valence-corrected chi connectivity index (χ2v) is 4.90. The maximum Gasteiger partial charge on any atom is 0.159 e. The number of aromatic nitrogens is 2. The Bertz CT molecular complexity index is 614. The molecule has 0 aliphatic carbocycles. The van der Waals surface area contributed by atoms with E-state index in [0.717, 1.165) is 40.7 Å². The van der Waals surface area contributed by atoms with Crippen LogP contribution in [0.15, 0.2) is 12.1 Å². The van der Waals surface area contributed by atoms with Crippen molar-refractivity contribution in [2.75, 3.05) is 13.7 Å². The minimum atomic E-state index is 0.0901. The summed E-state index contributed by atoms with van der Waals surface area (Å²) in [7, 11) is 1.70. The molecule has 0 saturated heterocycles. The number of aryl methyl sites for hydroxylation is 3. The number of carbonyl (C=O) groups is 1. The quantitative estimate of drug-likeness (QED) is 0.613. The highest BCUT2D eigenvalue weighted by atomic mass is 16.5. The zero-order valence-electron chi connectivity index (χ0n) is 12.0. The number of Topliss-reactive ketones (excluding diaryl/α,β-unsaturated/α-hetero) is 1. The van der Waals surface area contributed by atoms with Crippen LogP contribution in [0.3, 0.4) is 0 Å². The number of ether oxygens (including phenoxy) is 1. The lowest BCUT2D eigenvalue weighted by Crippen LogP contribution is -2.04. The molecule has 0 N–H and O–H groups in total. The van der Waals surface area contributed by atoms with Crippen LogP contribution in [0.4, 0.5) is 0 Å². The number of hydrogen-bond acceptors (Lipinski definition) is 3. The third-order valence-corrected chi connectivity index (χ3v) is 3.35. The Balaban J connectivity index is 2.50. The van der Waals surface area contributed by atoms with Crippen LogP contribution in [0, 0.1) is 13.8 Å². The Morgan fingerprint density at radius 1 is 1.37 bits per heavy atom. The molecule has 2 rings (SSSR count). The van der Waals surface area contributed by atoms with Gasteiger partial charge in [-0.1, -0.05) is 0 Å². The standard InChI is InChI=1S/C15H20N2O2/c1-10-8-13(12(3)18)9-14-15(10)11(2)16-17(14)6-5-7-19-4/h8-9H,5-7H2,1-4H3. The van der Waals surface area contributed by atoms with E-state index in [1.165, 1.54) is 0 Å². The Kier molecular flexibility index (Phi) is 4.00. The van der Waals surface area contributed by atoms with Crippen molar-refractivity contribution in [1.82, 2.24) is 9.78 Å². The molecule has 4 heteroatoms. The molecule has 0 bridgehead atoms. The lowest BCUT2D eigenvalue weighted by atomic mass is 10.0. The van der Waals surface area contributed by atoms with Crippen molar-refractivity contribution in [1.29, 1.82) is 0 Å². The van der Waals surface area contributed by atoms with Crippen molar-refractivity contribution < 1.29 is 9.53 Å². The molecule has 0 aliphatic heterocycles. The Morgan fingerprint density at radius 2 is 2.11 bits per heavy atom. The molecule has 0 radical (unpaired) electrons. The third-order valence-electron chi connectivity index (χ3n) is 3.35. The van der Waals surface area contributed by atoms with Crippen molar-refractivity contribution in [2.24, 2.45) is 0 Å². The summed E-state index contributed by atoms with van der Waals surface area (Å²) in [5, 5.41) is 5.73. The van der Waals surface area contributed by atoms with Gasteiger partial charge in [-0.05, 0) is 44.9 Å². The molecule has 0 aliphatic rings. The van der Waals surface area contributed by atoms with E-state index < -0.39 is 0 Å². The van der Waals surface area contributed by atoms with Gasteiger partial charge in [0.2, 0.25) is 0 Å². The molecule has 0 unspecified atom stereocenters. The number of benzene rings is 1. The van der Waals surface area contributed by atoms with E-state index in [4.69, 9.17) is 4.74 Å². The minimum absolute atomic E-state index is 0.0901. The number of rotatable bonds is 5. The topological polar surface area (TPSA) is 44.1 Å². The monoisotopic (exact) mass is 260 g/mol. The van der Waals surface area contributed by atoms with E-state index in [1.807, 2.05) is 30.7 Å². The third kappa shape index (κ3) is 2.68.